The number of alkyl halides is 3. The molecule has 0 heterocycles. The second kappa shape index (κ2) is 11.8. The minimum absolute atomic E-state index is 0.0496. The number of hydrogen-bond acceptors (Lipinski definition) is 3. The van der Waals surface area contributed by atoms with E-state index in [2.05, 4.69) is 10.6 Å². The van der Waals surface area contributed by atoms with E-state index in [-0.39, 0.29) is 12.8 Å². The van der Waals surface area contributed by atoms with Crippen LogP contribution in [0.25, 0.3) is 0 Å². The first-order chi connectivity index (χ1) is 15.5. The van der Waals surface area contributed by atoms with Gasteiger partial charge in [-0.3, -0.25) is 14.4 Å². The highest BCUT2D eigenvalue weighted by Gasteiger charge is 2.45. The van der Waals surface area contributed by atoms with Gasteiger partial charge in [0.1, 0.15) is 6.04 Å². The lowest BCUT2D eigenvalue weighted by atomic mass is 9.98. The maximum Gasteiger partial charge on any atom is 0.452 e. The molecule has 2 amide bonds. The number of Topliss-reactive ketones (excluding diaryl/α,β-unsaturated/α-hetero) is 1. The smallest absolute Gasteiger partial charge is 0.344 e. The Labute approximate surface area is 195 Å². The molecule has 0 aliphatic carbocycles. The maximum atomic E-state index is 13.0. The lowest BCUT2D eigenvalue weighted by molar-refractivity contribution is -0.175. The number of amides is 2. The summed E-state index contributed by atoms with van der Waals surface area (Å²) in [6.45, 7) is 2.81. The minimum Gasteiger partial charge on any atom is -0.344 e. The molecule has 0 aromatic heterocycles. The van der Waals surface area contributed by atoms with Crippen LogP contribution in [0.3, 0.4) is 0 Å². The minimum atomic E-state index is -5.09. The zero-order valence-corrected chi connectivity index (χ0v) is 19.0. The Bertz CT molecular complexity index is 965. The fourth-order valence-electron chi connectivity index (χ4n) is 3.24. The summed E-state index contributed by atoms with van der Waals surface area (Å²) in [6.07, 6.45) is -4.61. The number of rotatable bonds is 10. The molecule has 33 heavy (non-hydrogen) atoms. The molecule has 0 fully saturated rings. The third-order valence-corrected chi connectivity index (χ3v) is 5.23. The third kappa shape index (κ3) is 8.53. The first-order valence-corrected chi connectivity index (χ1v) is 10.8. The Morgan fingerprint density at radius 1 is 0.939 bits per heavy atom. The molecule has 2 aromatic carbocycles. The second-order valence-electron chi connectivity index (χ2n) is 8.03. The van der Waals surface area contributed by atoms with E-state index in [1.165, 1.54) is 13.8 Å². The lowest BCUT2D eigenvalue weighted by Crippen LogP contribution is -2.56. The van der Waals surface area contributed by atoms with Crippen molar-refractivity contribution >= 4 is 29.2 Å². The molecule has 2 rings (SSSR count). The zero-order valence-electron chi connectivity index (χ0n) is 18.3. The quantitative estimate of drug-likeness (QED) is 0.531. The van der Waals surface area contributed by atoms with E-state index in [9.17, 15) is 27.6 Å². The van der Waals surface area contributed by atoms with Crippen molar-refractivity contribution < 1.29 is 27.6 Å². The summed E-state index contributed by atoms with van der Waals surface area (Å²) in [4.78, 5) is 37.2. The molecule has 0 saturated carbocycles. The molecule has 178 valence electrons. The molecule has 2 atom stereocenters. The maximum absolute atomic E-state index is 13.0. The monoisotopic (exact) mass is 482 g/mol. The summed E-state index contributed by atoms with van der Waals surface area (Å²) in [5.41, 5.74) is 1.54. The van der Waals surface area contributed by atoms with Gasteiger partial charge in [-0.05, 0) is 35.6 Å². The Hall–Kier alpha value is -2.87. The van der Waals surface area contributed by atoms with Gasteiger partial charge in [0.2, 0.25) is 11.8 Å². The molecule has 2 aromatic rings. The fourth-order valence-corrected chi connectivity index (χ4v) is 3.45. The van der Waals surface area contributed by atoms with E-state index in [4.69, 9.17) is 11.6 Å². The molecule has 5 nitrogen and oxygen atoms in total. The number of carbonyl (C=O) groups excluding carboxylic acids is 3. The number of hydrogen-bond donors (Lipinski definition) is 2. The van der Waals surface area contributed by atoms with Gasteiger partial charge in [-0.1, -0.05) is 67.9 Å². The van der Waals surface area contributed by atoms with Crippen LogP contribution in [-0.4, -0.2) is 35.9 Å². The van der Waals surface area contributed by atoms with Gasteiger partial charge in [0.05, 0.1) is 6.04 Å². The van der Waals surface area contributed by atoms with Gasteiger partial charge in [0, 0.05) is 17.9 Å². The summed E-state index contributed by atoms with van der Waals surface area (Å²) < 4.78 is 38.9. The topological polar surface area (TPSA) is 75.3 Å². The Morgan fingerprint density at radius 3 is 2.15 bits per heavy atom. The molecule has 0 spiro atoms. The first-order valence-electron chi connectivity index (χ1n) is 10.5. The van der Waals surface area contributed by atoms with Crippen LogP contribution in [0.1, 0.15) is 31.4 Å². The fraction of sp³-hybridized carbons (Fsp3) is 0.375. The number of ketones is 1. The van der Waals surface area contributed by atoms with Crippen molar-refractivity contribution in [2.45, 2.75) is 51.4 Å². The third-order valence-electron chi connectivity index (χ3n) is 4.99. The predicted molar refractivity (Wildman–Crippen MR) is 120 cm³/mol. The molecule has 0 aliphatic rings. The Morgan fingerprint density at radius 2 is 1.58 bits per heavy atom. The van der Waals surface area contributed by atoms with Gasteiger partial charge in [-0.15, -0.1) is 0 Å². The summed E-state index contributed by atoms with van der Waals surface area (Å²) in [6, 6.07) is 12.8. The highest BCUT2D eigenvalue weighted by atomic mass is 35.5. The van der Waals surface area contributed by atoms with Crippen LogP contribution in [-0.2, 0) is 27.2 Å². The van der Waals surface area contributed by atoms with Crippen molar-refractivity contribution in [3.8, 4) is 0 Å². The van der Waals surface area contributed by atoms with Crippen LogP contribution in [0, 0.1) is 5.92 Å². The van der Waals surface area contributed by atoms with Crippen LogP contribution < -0.4 is 10.6 Å². The molecular weight excluding hydrogens is 457 g/mol. The molecule has 1 unspecified atom stereocenters. The summed E-state index contributed by atoms with van der Waals surface area (Å²) in [7, 11) is 0. The van der Waals surface area contributed by atoms with Crippen molar-refractivity contribution in [2.75, 3.05) is 0 Å². The average Bonchev–Trinajstić information content (AvgIpc) is 2.75. The van der Waals surface area contributed by atoms with Gasteiger partial charge in [0.15, 0.2) is 0 Å². The zero-order chi connectivity index (χ0) is 24.6. The van der Waals surface area contributed by atoms with E-state index in [1.54, 1.807) is 48.5 Å². The predicted octanol–water partition coefficient (Wildman–Crippen LogP) is 4.27. The molecular formula is C24H26ClF3N2O3. The van der Waals surface area contributed by atoms with E-state index in [0.717, 1.165) is 5.56 Å². The van der Waals surface area contributed by atoms with Crippen LogP contribution in [0.5, 0.6) is 0 Å². The summed E-state index contributed by atoms with van der Waals surface area (Å²) >= 11 is 5.95. The Balaban J connectivity index is 2.14. The highest BCUT2D eigenvalue weighted by Crippen LogP contribution is 2.21. The molecule has 0 radical (unpaired) electrons. The van der Waals surface area contributed by atoms with Crippen LogP contribution in [0.2, 0.25) is 5.02 Å². The second-order valence-corrected chi connectivity index (χ2v) is 8.47. The number of halogens is 4. The normalized spacial score (nSPS) is 13.3. The van der Waals surface area contributed by atoms with Crippen LogP contribution in [0.15, 0.2) is 54.6 Å². The number of carbonyl (C=O) groups is 3. The van der Waals surface area contributed by atoms with Crippen molar-refractivity contribution in [2.24, 2.45) is 5.92 Å². The lowest BCUT2D eigenvalue weighted by Gasteiger charge is -2.25. The van der Waals surface area contributed by atoms with E-state index in [1.807, 2.05) is 6.07 Å². The Kier molecular flexibility index (Phi) is 9.46. The van der Waals surface area contributed by atoms with Crippen molar-refractivity contribution in [1.29, 1.82) is 0 Å². The van der Waals surface area contributed by atoms with Crippen LogP contribution in [0.4, 0.5) is 13.2 Å². The van der Waals surface area contributed by atoms with E-state index < -0.39 is 41.8 Å². The molecule has 0 bridgehead atoms. The summed E-state index contributed by atoms with van der Waals surface area (Å²) in [5.74, 6) is -4.13. The van der Waals surface area contributed by atoms with Gasteiger partial charge in [0.25, 0.3) is 5.78 Å². The molecule has 0 saturated heterocycles. The first kappa shape index (κ1) is 26.4. The number of benzene rings is 2. The van der Waals surface area contributed by atoms with Gasteiger partial charge in [-0.25, -0.2) is 0 Å². The van der Waals surface area contributed by atoms with Crippen molar-refractivity contribution in [1.82, 2.24) is 10.6 Å². The number of aryl methyl sites for hydroxylation is 1. The highest BCUT2D eigenvalue weighted by molar-refractivity contribution is 6.30. The SMILES string of the molecule is CC(C)[C@H](NC(=O)C(Cc1ccccc1)NC(=O)CCc1cccc(Cl)c1)C(=O)C(F)(F)F. The van der Waals surface area contributed by atoms with Crippen molar-refractivity contribution in [3.63, 3.8) is 0 Å². The molecule has 0 aliphatic heterocycles. The standard InChI is InChI=1S/C24H26ClF3N2O3/c1-15(2)21(22(32)24(26,27)28)30-23(33)19(14-16-7-4-3-5-8-16)29-20(31)12-11-17-9-6-10-18(25)13-17/h3-10,13,15,19,21H,11-12,14H2,1-2H3,(H,29,31)(H,30,33)/t19?,21-/m0/s1. The van der Waals surface area contributed by atoms with Crippen LogP contribution >= 0.6 is 11.6 Å². The average molecular weight is 483 g/mol. The van der Waals surface area contributed by atoms with Crippen molar-refractivity contribution in [3.05, 3.63) is 70.7 Å². The summed E-state index contributed by atoms with van der Waals surface area (Å²) in [5, 5.41) is 5.32. The van der Waals surface area contributed by atoms with Gasteiger partial charge in [-0.2, -0.15) is 13.2 Å². The van der Waals surface area contributed by atoms with E-state index in [0.29, 0.717) is 17.0 Å². The van der Waals surface area contributed by atoms with Gasteiger partial charge < -0.3 is 10.6 Å². The van der Waals surface area contributed by atoms with Gasteiger partial charge >= 0.3 is 6.18 Å². The largest absolute Gasteiger partial charge is 0.452 e. The molecule has 9 heteroatoms. The van der Waals surface area contributed by atoms with E-state index >= 15 is 0 Å². The number of nitrogens with one attached hydrogen (secondary N) is 2. The molecule has 2 N–H and O–H groups in total.